The Balaban J connectivity index is 1.13. The summed E-state index contributed by atoms with van der Waals surface area (Å²) in [5, 5.41) is 15.2. The molecule has 12 heteroatoms. The molecule has 4 aromatic rings. The molecule has 3 saturated heterocycles. The number of nitrogens with one attached hydrogen (secondary N) is 1. The number of aromatic hydroxyl groups is 1. The number of likely N-dealkylation sites (tertiary alicyclic amines) is 1. The van der Waals surface area contributed by atoms with Crippen LogP contribution in [0.2, 0.25) is 0 Å². The van der Waals surface area contributed by atoms with Gasteiger partial charge in [-0.25, -0.2) is 18.2 Å². The normalized spacial score (nSPS) is 23.8. The Bertz CT molecular complexity index is 2040. The Kier molecular flexibility index (Phi) is 6.95. The monoisotopic (exact) mass is 670 g/mol. The summed E-state index contributed by atoms with van der Waals surface area (Å²) in [5.41, 5.74) is -0.101. The van der Waals surface area contributed by atoms with Crippen molar-refractivity contribution in [3.63, 3.8) is 0 Å². The van der Waals surface area contributed by atoms with Crippen LogP contribution < -0.4 is 19.7 Å². The maximum atomic E-state index is 17.1. The molecule has 2 bridgehead atoms. The van der Waals surface area contributed by atoms with Crippen molar-refractivity contribution in [3.05, 3.63) is 41.5 Å². The predicted octanol–water partition coefficient (Wildman–Crippen LogP) is 5.35. The molecule has 2 unspecified atom stereocenters. The molecule has 9 nitrogen and oxygen atoms in total. The van der Waals surface area contributed by atoms with E-state index in [2.05, 4.69) is 31.0 Å². The van der Waals surface area contributed by atoms with Crippen LogP contribution in [0.1, 0.15) is 44.1 Å². The van der Waals surface area contributed by atoms with Gasteiger partial charge >= 0.3 is 6.01 Å². The van der Waals surface area contributed by atoms with Crippen molar-refractivity contribution in [1.29, 1.82) is 0 Å². The summed E-state index contributed by atoms with van der Waals surface area (Å²) in [5.74, 6) is 1.35. The van der Waals surface area contributed by atoms with Crippen molar-refractivity contribution >= 4 is 27.5 Å². The fraction of sp³-hybridized carbons (Fsp3) is 0.486. The summed E-state index contributed by atoms with van der Waals surface area (Å²) in [4.78, 5) is 18.6. The molecule has 5 heterocycles. The van der Waals surface area contributed by atoms with E-state index >= 15 is 4.39 Å². The van der Waals surface area contributed by atoms with E-state index in [9.17, 15) is 13.9 Å². The molecule has 2 aromatic carbocycles. The quantitative estimate of drug-likeness (QED) is 0.241. The van der Waals surface area contributed by atoms with Crippen LogP contribution in [-0.2, 0) is 0 Å². The van der Waals surface area contributed by atoms with Crippen molar-refractivity contribution in [2.45, 2.75) is 56.8 Å². The minimum atomic E-state index is -0.791. The van der Waals surface area contributed by atoms with E-state index in [1.807, 2.05) is 0 Å². The van der Waals surface area contributed by atoms with Crippen LogP contribution in [-0.4, -0.2) is 89.7 Å². The lowest BCUT2D eigenvalue weighted by molar-refractivity contribution is -0.110. The van der Waals surface area contributed by atoms with E-state index in [4.69, 9.17) is 20.9 Å². The molecule has 5 fully saturated rings. The number of pyridine rings is 1. The SMILES string of the molecule is C#Cc1c(F)ccc2cc(O)cc(-c3nc(OC)c4c(N5CC6CCC(C5)N6)nc(OCC5(CN6CC7(CC(F)C7)C6)CC5)nc4c3F)c12. The zero-order chi connectivity index (χ0) is 33.7. The Hall–Kier alpha value is -4.34. The van der Waals surface area contributed by atoms with Crippen molar-refractivity contribution in [1.82, 2.24) is 25.2 Å². The first-order valence-electron chi connectivity index (χ1n) is 17.0. The third-order valence-electron chi connectivity index (χ3n) is 11.3. The van der Waals surface area contributed by atoms with Gasteiger partial charge in [0.05, 0.1) is 19.3 Å². The third-order valence-corrected chi connectivity index (χ3v) is 11.3. The van der Waals surface area contributed by atoms with Gasteiger partial charge in [-0.3, -0.25) is 0 Å². The molecule has 0 amide bonds. The number of fused-ring (bicyclic) bond motifs is 4. The van der Waals surface area contributed by atoms with E-state index in [-0.39, 0.29) is 68.3 Å². The number of hydrogen-bond acceptors (Lipinski definition) is 9. The first-order chi connectivity index (χ1) is 23.6. The zero-order valence-corrected chi connectivity index (χ0v) is 27.2. The Morgan fingerprint density at radius 2 is 1.82 bits per heavy atom. The van der Waals surface area contributed by atoms with Gasteiger partial charge in [0, 0.05) is 66.6 Å². The molecule has 49 heavy (non-hydrogen) atoms. The topological polar surface area (TPSA) is 95.9 Å². The van der Waals surface area contributed by atoms with E-state index in [1.165, 1.54) is 31.4 Å². The van der Waals surface area contributed by atoms with Gasteiger partial charge in [-0.05, 0) is 62.1 Å². The molecule has 254 valence electrons. The number of piperazine rings is 1. The van der Waals surface area contributed by atoms with Gasteiger partial charge in [-0.15, -0.1) is 6.42 Å². The molecule has 1 spiro atoms. The second-order valence-corrected chi connectivity index (χ2v) is 15.0. The number of anilines is 1. The number of benzene rings is 2. The van der Waals surface area contributed by atoms with Gasteiger partial charge in [0.25, 0.3) is 0 Å². The number of alkyl halides is 1. The number of hydrogen-bond donors (Lipinski definition) is 2. The minimum Gasteiger partial charge on any atom is -0.508 e. The summed E-state index contributed by atoms with van der Waals surface area (Å²) in [7, 11) is 1.44. The van der Waals surface area contributed by atoms with Crippen LogP contribution in [0.4, 0.5) is 19.0 Å². The smallest absolute Gasteiger partial charge is 0.319 e. The second kappa shape index (κ2) is 11.1. The summed E-state index contributed by atoms with van der Waals surface area (Å²) in [6.45, 7) is 4.41. The lowest BCUT2D eigenvalue weighted by Crippen LogP contribution is -2.63. The Labute approximate surface area is 281 Å². The van der Waals surface area contributed by atoms with Crippen LogP contribution >= 0.6 is 0 Å². The van der Waals surface area contributed by atoms with Gasteiger partial charge in [0.2, 0.25) is 5.88 Å². The van der Waals surface area contributed by atoms with Crippen LogP contribution in [0, 0.1) is 34.8 Å². The molecule has 2 aliphatic carbocycles. The lowest BCUT2D eigenvalue weighted by atomic mass is 9.62. The zero-order valence-electron chi connectivity index (χ0n) is 27.2. The fourth-order valence-electron chi connectivity index (χ4n) is 8.81. The number of rotatable bonds is 8. The van der Waals surface area contributed by atoms with Crippen LogP contribution in [0.3, 0.4) is 0 Å². The van der Waals surface area contributed by atoms with E-state index in [0.29, 0.717) is 49.1 Å². The molecule has 2 N–H and O–H groups in total. The molecule has 9 rings (SSSR count). The number of methoxy groups -OCH3 is 1. The molecule has 0 radical (unpaired) electrons. The summed E-state index contributed by atoms with van der Waals surface area (Å²) in [6.07, 6.45) is 10.5. The van der Waals surface area contributed by atoms with Gasteiger partial charge in [0.15, 0.2) is 5.82 Å². The number of terminal acetylenes is 1. The summed E-state index contributed by atoms with van der Waals surface area (Å²) in [6, 6.07) is 6.05. The van der Waals surface area contributed by atoms with Crippen LogP contribution in [0.5, 0.6) is 17.6 Å². The molecule has 2 atom stereocenters. The molecule has 5 aliphatic rings. The van der Waals surface area contributed by atoms with Gasteiger partial charge in [-0.1, -0.05) is 12.0 Å². The van der Waals surface area contributed by atoms with Gasteiger partial charge in [0.1, 0.15) is 40.2 Å². The highest BCUT2D eigenvalue weighted by Gasteiger charge is 2.55. The van der Waals surface area contributed by atoms with Crippen molar-refractivity contribution in [2.75, 3.05) is 51.3 Å². The number of nitrogens with zero attached hydrogens (tertiary/aromatic N) is 5. The molecule has 3 aliphatic heterocycles. The Morgan fingerprint density at radius 1 is 1.06 bits per heavy atom. The largest absolute Gasteiger partial charge is 0.508 e. The van der Waals surface area contributed by atoms with Crippen LogP contribution in [0.15, 0.2) is 24.3 Å². The standard InChI is InChI=1S/C37H37F3N6O3/c1-3-25-27(39)7-4-20-10-24(47)11-26(28(20)25)31-30(40)32-29(34(42-31)48-2)33(46-14-22-5-6-23(15-46)41-22)44-35(43-32)49-19-36(8-9-36)16-45-17-37(18-45)12-21(38)13-37/h1,4,7,10-11,21-23,41,47H,5-6,8-9,12-19H2,2H3. The highest BCUT2D eigenvalue weighted by atomic mass is 19.1. The van der Waals surface area contributed by atoms with Crippen LogP contribution in [0.25, 0.3) is 32.9 Å². The first-order valence-corrected chi connectivity index (χ1v) is 17.0. The Morgan fingerprint density at radius 3 is 2.49 bits per heavy atom. The lowest BCUT2D eigenvalue weighted by Gasteiger charge is -2.58. The summed E-state index contributed by atoms with van der Waals surface area (Å²) >= 11 is 0. The van der Waals surface area contributed by atoms with Gasteiger partial charge in [-0.2, -0.15) is 9.97 Å². The van der Waals surface area contributed by atoms with E-state index in [1.54, 1.807) is 0 Å². The average molecular weight is 671 g/mol. The molecule has 2 aromatic heterocycles. The highest BCUT2D eigenvalue weighted by molar-refractivity contribution is 6.04. The van der Waals surface area contributed by atoms with Crippen molar-refractivity contribution in [3.8, 4) is 41.2 Å². The van der Waals surface area contributed by atoms with Crippen molar-refractivity contribution in [2.24, 2.45) is 10.8 Å². The highest BCUT2D eigenvalue weighted by Crippen LogP contribution is 2.54. The minimum absolute atomic E-state index is 0.0493. The number of phenolic OH excluding ortho intramolecular Hbond substituents is 1. The molecular formula is C37H37F3N6O3. The number of aromatic nitrogens is 3. The predicted molar refractivity (Wildman–Crippen MR) is 179 cm³/mol. The number of ether oxygens (including phenoxy) is 2. The molecular weight excluding hydrogens is 633 g/mol. The average Bonchev–Trinajstić information content (AvgIpc) is 3.75. The van der Waals surface area contributed by atoms with Crippen molar-refractivity contribution < 1.29 is 27.8 Å². The summed E-state index contributed by atoms with van der Waals surface area (Å²) < 4.78 is 57.7. The number of phenols is 1. The molecule has 2 saturated carbocycles. The first kappa shape index (κ1) is 30.7. The van der Waals surface area contributed by atoms with Gasteiger partial charge < -0.3 is 29.7 Å². The number of halogens is 3. The fourth-order valence-corrected chi connectivity index (χ4v) is 8.81. The van der Waals surface area contributed by atoms with E-state index < -0.39 is 17.8 Å². The third kappa shape index (κ3) is 5.12. The second-order valence-electron chi connectivity index (χ2n) is 15.0. The van der Waals surface area contributed by atoms with E-state index in [0.717, 1.165) is 45.3 Å². The maximum Gasteiger partial charge on any atom is 0.319 e. The maximum absolute atomic E-state index is 17.1.